The minimum absolute atomic E-state index is 0.149. The van der Waals surface area contributed by atoms with Crippen molar-refractivity contribution in [2.24, 2.45) is 11.1 Å². The van der Waals surface area contributed by atoms with Crippen molar-refractivity contribution >= 4 is 13.0 Å². The summed E-state index contributed by atoms with van der Waals surface area (Å²) in [6, 6.07) is -1.66. The first kappa shape index (κ1) is 14.6. The third-order valence-electron chi connectivity index (χ3n) is 4.14. The number of hydrogen-bond donors (Lipinski definition) is 3. The van der Waals surface area contributed by atoms with Gasteiger partial charge in [0.1, 0.15) is 0 Å². The molecule has 1 heterocycles. The average molecular weight is 280 g/mol. The van der Waals surface area contributed by atoms with Gasteiger partial charge in [-0.15, -0.1) is 0 Å². The third-order valence-corrected chi connectivity index (χ3v) is 4.14. The molecule has 1 aliphatic heterocycles. The standard InChI is InChI=1S/C10H16BF3N2O3/c12-10(13,14)9(3-4-9)7(15)8(17)16-5-1-2-6(16)11(18)19/h6-7,18-19H,1-5,15H2/t6?,7-/m1/s1. The first-order valence-corrected chi connectivity index (χ1v) is 6.19. The van der Waals surface area contributed by atoms with Crippen molar-refractivity contribution < 1.29 is 28.0 Å². The van der Waals surface area contributed by atoms with Crippen LogP contribution in [-0.4, -0.2) is 52.7 Å². The monoisotopic (exact) mass is 280 g/mol. The topological polar surface area (TPSA) is 86.8 Å². The summed E-state index contributed by atoms with van der Waals surface area (Å²) in [4.78, 5) is 13.1. The lowest BCUT2D eigenvalue weighted by molar-refractivity contribution is -0.196. The van der Waals surface area contributed by atoms with Crippen LogP contribution < -0.4 is 5.73 Å². The Balaban J connectivity index is 2.12. The highest BCUT2D eigenvalue weighted by Crippen LogP contribution is 2.59. The number of amides is 1. The van der Waals surface area contributed by atoms with E-state index in [0.717, 1.165) is 4.90 Å². The summed E-state index contributed by atoms with van der Waals surface area (Å²) in [6.07, 6.45) is -3.92. The van der Waals surface area contributed by atoms with Gasteiger partial charge in [-0.25, -0.2) is 0 Å². The molecule has 1 saturated carbocycles. The van der Waals surface area contributed by atoms with E-state index in [1.54, 1.807) is 0 Å². The summed E-state index contributed by atoms with van der Waals surface area (Å²) < 4.78 is 38.7. The maximum atomic E-state index is 12.9. The highest BCUT2D eigenvalue weighted by molar-refractivity contribution is 6.43. The van der Waals surface area contributed by atoms with Crippen LogP contribution in [0.25, 0.3) is 0 Å². The van der Waals surface area contributed by atoms with E-state index in [9.17, 15) is 18.0 Å². The molecule has 4 N–H and O–H groups in total. The molecule has 0 radical (unpaired) electrons. The Labute approximate surface area is 108 Å². The van der Waals surface area contributed by atoms with E-state index in [2.05, 4.69) is 0 Å². The molecule has 9 heteroatoms. The minimum atomic E-state index is -4.50. The van der Waals surface area contributed by atoms with Crippen LogP contribution in [0.4, 0.5) is 13.2 Å². The van der Waals surface area contributed by atoms with Gasteiger partial charge in [0.2, 0.25) is 5.91 Å². The van der Waals surface area contributed by atoms with Crippen LogP contribution in [0.5, 0.6) is 0 Å². The quantitative estimate of drug-likeness (QED) is 0.617. The van der Waals surface area contributed by atoms with Gasteiger partial charge in [0.25, 0.3) is 0 Å². The van der Waals surface area contributed by atoms with Gasteiger partial charge < -0.3 is 20.7 Å². The Bertz CT molecular complexity index is 374. The SMILES string of the molecule is N[C@H](C(=O)N1CCCC1B(O)O)C1(C(F)(F)F)CC1. The number of alkyl halides is 3. The molecule has 1 unspecified atom stereocenters. The number of likely N-dealkylation sites (tertiary alicyclic amines) is 1. The number of nitrogens with two attached hydrogens (primary N) is 1. The van der Waals surface area contributed by atoms with Crippen LogP contribution in [0, 0.1) is 5.41 Å². The van der Waals surface area contributed by atoms with Crippen molar-refractivity contribution in [2.45, 2.75) is 43.8 Å². The second-order valence-corrected chi connectivity index (χ2v) is 5.29. The Morgan fingerprint density at radius 3 is 2.42 bits per heavy atom. The number of carbonyl (C=O) groups is 1. The van der Waals surface area contributed by atoms with Gasteiger partial charge in [0.05, 0.1) is 17.4 Å². The maximum Gasteiger partial charge on any atom is 0.475 e. The van der Waals surface area contributed by atoms with Crippen molar-refractivity contribution in [3.05, 3.63) is 0 Å². The smallest absolute Gasteiger partial charge is 0.426 e. The van der Waals surface area contributed by atoms with Gasteiger partial charge in [0, 0.05) is 6.54 Å². The highest BCUT2D eigenvalue weighted by atomic mass is 19.4. The molecule has 108 valence electrons. The molecule has 2 atom stereocenters. The zero-order valence-corrected chi connectivity index (χ0v) is 10.2. The molecule has 2 rings (SSSR count). The molecular formula is C10H16BF3N2O3. The lowest BCUT2D eigenvalue weighted by Gasteiger charge is -2.31. The number of hydrogen-bond acceptors (Lipinski definition) is 4. The summed E-state index contributed by atoms with van der Waals surface area (Å²) in [7, 11) is -1.75. The fourth-order valence-electron chi connectivity index (χ4n) is 2.70. The first-order valence-electron chi connectivity index (χ1n) is 6.19. The molecule has 2 fully saturated rings. The molecular weight excluding hydrogens is 264 g/mol. The minimum Gasteiger partial charge on any atom is -0.426 e. The van der Waals surface area contributed by atoms with Gasteiger partial charge in [-0.2, -0.15) is 13.2 Å². The Hall–Kier alpha value is -0.795. The van der Waals surface area contributed by atoms with Crippen molar-refractivity contribution in [3.8, 4) is 0 Å². The van der Waals surface area contributed by atoms with Crippen LogP contribution in [0.3, 0.4) is 0 Å². The largest absolute Gasteiger partial charge is 0.475 e. The second kappa shape index (κ2) is 4.64. The maximum absolute atomic E-state index is 12.9. The molecule has 2 aliphatic rings. The molecule has 19 heavy (non-hydrogen) atoms. The Morgan fingerprint density at radius 2 is 2.00 bits per heavy atom. The molecule has 0 aromatic carbocycles. The lowest BCUT2D eigenvalue weighted by atomic mass is 9.77. The fourth-order valence-corrected chi connectivity index (χ4v) is 2.70. The molecule has 0 aromatic rings. The van der Waals surface area contributed by atoms with Gasteiger partial charge in [-0.1, -0.05) is 0 Å². The molecule has 1 amide bonds. The zero-order valence-electron chi connectivity index (χ0n) is 10.2. The van der Waals surface area contributed by atoms with E-state index >= 15 is 0 Å². The highest BCUT2D eigenvalue weighted by Gasteiger charge is 2.68. The second-order valence-electron chi connectivity index (χ2n) is 5.29. The predicted octanol–water partition coefficient (Wildman–Crippen LogP) is -0.341. The number of carbonyl (C=O) groups excluding carboxylic acids is 1. The third kappa shape index (κ3) is 2.34. The molecule has 0 spiro atoms. The summed E-state index contributed by atoms with van der Waals surface area (Å²) in [6.45, 7) is 0.211. The van der Waals surface area contributed by atoms with Crippen LogP contribution in [-0.2, 0) is 4.79 Å². The van der Waals surface area contributed by atoms with E-state index in [0.29, 0.717) is 12.8 Å². The van der Waals surface area contributed by atoms with Crippen molar-refractivity contribution in [2.75, 3.05) is 6.54 Å². The lowest BCUT2D eigenvalue weighted by Crippen LogP contribution is -2.56. The van der Waals surface area contributed by atoms with Crippen LogP contribution in [0.2, 0.25) is 0 Å². The van der Waals surface area contributed by atoms with Crippen molar-refractivity contribution in [3.63, 3.8) is 0 Å². The summed E-state index contributed by atoms with van der Waals surface area (Å²) in [5.74, 6) is -1.70. The summed E-state index contributed by atoms with van der Waals surface area (Å²) >= 11 is 0. The van der Waals surface area contributed by atoms with E-state index in [-0.39, 0.29) is 19.4 Å². The van der Waals surface area contributed by atoms with E-state index in [4.69, 9.17) is 15.8 Å². The number of halogens is 3. The summed E-state index contributed by atoms with van der Waals surface area (Å²) in [5.41, 5.74) is 3.38. The normalized spacial score (nSPS) is 27.3. The van der Waals surface area contributed by atoms with Gasteiger partial charge in [-0.05, 0) is 25.7 Å². The van der Waals surface area contributed by atoms with Crippen molar-refractivity contribution in [1.29, 1.82) is 0 Å². The number of nitrogens with zero attached hydrogens (tertiary/aromatic N) is 1. The molecule has 0 bridgehead atoms. The van der Waals surface area contributed by atoms with Gasteiger partial charge in [0.15, 0.2) is 0 Å². The Morgan fingerprint density at radius 1 is 1.42 bits per heavy atom. The molecule has 5 nitrogen and oxygen atoms in total. The van der Waals surface area contributed by atoms with Crippen LogP contribution in [0.1, 0.15) is 25.7 Å². The zero-order chi connectivity index (χ0) is 14.4. The van der Waals surface area contributed by atoms with Crippen molar-refractivity contribution in [1.82, 2.24) is 4.90 Å². The van der Waals surface area contributed by atoms with Gasteiger partial charge in [-0.3, -0.25) is 4.79 Å². The average Bonchev–Trinajstić information content (AvgIpc) is 2.98. The van der Waals surface area contributed by atoms with Crippen LogP contribution in [0.15, 0.2) is 0 Å². The molecule has 1 saturated heterocycles. The Kier molecular flexibility index (Phi) is 3.57. The predicted molar refractivity (Wildman–Crippen MR) is 60.6 cm³/mol. The number of rotatable bonds is 3. The fraction of sp³-hybridized carbons (Fsp3) is 0.900. The van der Waals surface area contributed by atoms with Gasteiger partial charge >= 0.3 is 13.3 Å². The van der Waals surface area contributed by atoms with E-state index in [1.165, 1.54) is 0 Å². The van der Waals surface area contributed by atoms with E-state index in [1.807, 2.05) is 0 Å². The molecule has 1 aliphatic carbocycles. The summed E-state index contributed by atoms with van der Waals surface area (Å²) in [5, 5.41) is 18.3. The molecule has 0 aromatic heterocycles. The van der Waals surface area contributed by atoms with Crippen LogP contribution >= 0.6 is 0 Å². The first-order chi connectivity index (χ1) is 8.71. The van der Waals surface area contributed by atoms with E-state index < -0.39 is 36.6 Å².